The predicted molar refractivity (Wildman–Crippen MR) is 91.2 cm³/mol. The number of carbonyl (C=O) groups is 1. The summed E-state index contributed by atoms with van der Waals surface area (Å²) in [7, 11) is -3.72. The van der Waals surface area contributed by atoms with Crippen LogP contribution in [0.1, 0.15) is 12.5 Å². The molecule has 1 atom stereocenters. The summed E-state index contributed by atoms with van der Waals surface area (Å²) in [6, 6.07) is 12.7. The van der Waals surface area contributed by atoms with Crippen LogP contribution in [0.25, 0.3) is 0 Å². The van der Waals surface area contributed by atoms with Crippen molar-refractivity contribution in [1.82, 2.24) is 5.32 Å². The fourth-order valence-electron chi connectivity index (χ4n) is 1.93. The second-order valence-corrected chi connectivity index (χ2v) is 7.12. The van der Waals surface area contributed by atoms with Crippen LogP contribution in [0.2, 0.25) is 5.02 Å². The molecule has 2 rings (SSSR count). The van der Waals surface area contributed by atoms with Crippen LogP contribution in [0.4, 0.5) is 0 Å². The van der Waals surface area contributed by atoms with Crippen molar-refractivity contribution in [3.8, 4) is 5.75 Å². The summed E-state index contributed by atoms with van der Waals surface area (Å²) in [5.74, 6) is 0.202. The number of carbonyl (C=O) groups excluding carboxylic acids is 1. The molecule has 2 aromatic rings. The molecular formula is C16H17ClN2O4S. The molecule has 0 aliphatic heterocycles. The van der Waals surface area contributed by atoms with Crippen molar-refractivity contribution in [2.24, 2.45) is 5.14 Å². The van der Waals surface area contributed by atoms with Gasteiger partial charge in [-0.05, 0) is 42.8 Å². The van der Waals surface area contributed by atoms with Gasteiger partial charge >= 0.3 is 0 Å². The molecule has 24 heavy (non-hydrogen) atoms. The SMILES string of the molecule is C[C@H](Oc1cccc(Cl)c1)C(=O)NCc1ccc(S(N)(=O)=O)cc1. The lowest BCUT2D eigenvalue weighted by atomic mass is 10.2. The molecule has 0 spiro atoms. The van der Waals surface area contributed by atoms with Gasteiger partial charge in [-0.25, -0.2) is 13.6 Å². The third kappa shape index (κ3) is 5.23. The summed E-state index contributed by atoms with van der Waals surface area (Å²) in [5.41, 5.74) is 0.741. The van der Waals surface area contributed by atoms with Crippen LogP contribution in [-0.4, -0.2) is 20.4 Å². The average molecular weight is 369 g/mol. The molecule has 0 bridgehead atoms. The zero-order chi connectivity index (χ0) is 17.7. The van der Waals surface area contributed by atoms with Crippen molar-refractivity contribution >= 4 is 27.5 Å². The molecule has 0 saturated heterocycles. The van der Waals surface area contributed by atoms with Gasteiger partial charge in [0.25, 0.3) is 5.91 Å². The normalized spacial score (nSPS) is 12.5. The molecule has 2 aromatic carbocycles. The summed E-state index contributed by atoms with van der Waals surface area (Å²) in [5, 5.41) is 8.27. The first-order chi connectivity index (χ1) is 11.3. The molecule has 3 N–H and O–H groups in total. The zero-order valence-electron chi connectivity index (χ0n) is 12.9. The van der Waals surface area contributed by atoms with Crippen LogP contribution in [0.15, 0.2) is 53.4 Å². The Morgan fingerprint density at radius 3 is 2.50 bits per heavy atom. The number of nitrogens with one attached hydrogen (secondary N) is 1. The fourth-order valence-corrected chi connectivity index (χ4v) is 2.62. The van der Waals surface area contributed by atoms with E-state index in [1.165, 1.54) is 12.1 Å². The Morgan fingerprint density at radius 2 is 1.92 bits per heavy atom. The van der Waals surface area contributed by atoms with Crippen LogP contribution >= 0.6 is 11.6 Å². The first-order valence-corrected chi connectivity index (χ1v) is 9.00. The van der Waals surface area contributed by atoms with Crippen LogP contribution in [-0.2, 0) is 21.4 Å². The molecule has 0 aliphatic rings. The van der Waals surface area contributed by atoms with E-state index in [-0.39, 0.29) is 17.3 Å². The Kier molecular flexibility index (Phi) is 5.82. The molecule has 0 aromatic heterocycles. The van der Waals surface area contributed by atoms with Crippen LogP contribution in [0, 0.1) is 0 Å². The molecule has 6 nitrogen and oxygen atoms in total. The van der Waals surface area contributed by atoms with Crippen molar-refractivity contribution < 1.29 is 17.9 Å². The van der Waals surface area contributed by atoms with Gasteiger partial charge in [0.15, 0.2) is 6.10 Å². The molecule has 0 radical (unpaired) electrons. The van der Waals surface area contributed by atoms with Gasteiger partial charge in [-0.1, -0.05) is 29.8 Å². The van der Waals surface area contributed by atoms with E-state index in [9.17, 15) is 13.2 Å². The third-order valence-electron chi connectivity index (χ3n) is 3.20. The maximum atomic E-state index is 12.0. The Morgan fingerprint density at radius 1 is 1.25 bits per heavy atom. The highest BCUT2D eigenvalue weighted by Crippen LogP contribution is 2.18. The van der Waals surface area contributed by atoms with Crippen molar-refractivity contribution in [3.05, 3.63) is 59.1 Å². The molecule has 0 saturated carbocycles. The highest BCUT2D eigenvalue weighted by molar-refractivity contribution is 7.89. The second kappa shape index (κ2) is 7.65. The van der Waals surface area contributed by atoms with Crippen LogP contribution in [0.5, 0.6) is 5.75 Å². The number of nitrogens with two attached hydrogens (primary N) is 1. The van der Waals surface area contributed by atoms with E-state index in [4.69, 9.17) is 21.5 Å². The smallest absolute Gasteiger partial charge is 0.261 e. The summed E-state index contributed by atoms with van der Waals surface area (Å²) in [6.45, 7) is 1.87. The molecule has 0 unspecified atom stereocenters. The van der Waals surface area contributed by atoms with E-state index < -0.39 is 16.1 Å². The molecule has 1 amide bonds. The van der Waals surface area contributed by atoms with Crippen molar-refractivity contribution in [3.63, 3.8) is 0 Å². The van der Waals surface area contributed by atoms with Crippen molar-refractivity contribution in [2.75, 3.05) is 0 Å². The molecule has 0 heterocycles. The molecule has 0 aliphatic carbocycles. The number of hydrogen-bond donors (Lipinski definition) is 2. The number of halogens is 1. The predicted octanol–water partition coefficient (Wildman–Crippen LogP) is 2.07. The number of rotatable bonds is 6. The minimum absolute atomic E-state index is 0.0234. The van der Waals surface area contributed by atoms with Gasteiger partial charge in [0.2, 0.25) is 10.0 Å². The van der Waals surface area contributed by atoms with E-state index in [2.05, 4.69) is 5.32 Å². The number of amides is 1. The van der Waals surface area contributed by atoms with Gasteiger partial charge in [-0.15, -0.1) is 0 Å². The monoisotopic (exact) mass is 368 g/mol. The summed E-state index contributed by atoms with van der Waals surface area (Å²) in [6.07, 6.45) is -0.702. The maximum absolute atomic E-state index is 12.0. The van der Waals surface area contributed by atoms with Crippen molar-refractivity contribution in [1.29, 1.82) is 0 Å². The second-order valence-electron chi connectivity index (χ2n) is 5.12. The zero-order valence-corrected chi connectivity index (χ0v) is 14.5. The number of hydrogen-bond acceptors (Lipinski definition) is 4. The first-order valence-electron chi connectivity index (χ1n) is 7.07. The number of sulfonamides is 1. The number of primary sulfonamides is 1. The van der Waals surface area contributed by atoms with Gasteiger partial charge in [0.1, 0.15) is 5.75 Å². The van der Waals surface area contributed by atoms with E-state index >= 15 is 0 Å². The molecule has 128 valence electrons. The summed E-state index contributed by atoms with van der Waals surface area (Å²) >= 11 is 5.86. The van der Waals surface area contributed by atoms with Crippen molar-refractivity contribution in [2.45, 2.75) is 24.5 Å². The maximum Gasteiger partial charge on any atom is 0.261 e. The largest absolute Gasteiger partial charge is 0.481 e. The fraction of sp³-hybridized carbons (Fsp3) is 0.188. The quantitative estimate of drug-likeness (QED) is 0.815. The minimum Gasteiger partial charge on any atom is -0.481 e. The van der Waals surface area contributed by atoms with Gasteiger partial charge in [-0.3, -0.25) is 4.79 Å². The summed E-state index contributed by atoms with van der Waals surface area (Å²) < 4.78 is 27.9. The topological polar surface area (TPSA) is 98.5 Å². The molecule has 8 heteroatoms. The highest BCUT2D eigenvalue weighted by Gasteiger charge is 2.14. The molecule has 0 fully saturated rings. The standard InChI is InChI=1S/C16H17ClN2O4S/c1-11(23-14-4-2-3-13(17)9-14)16(20)19-10-12-5-7-15(8-6-12)24(18,21)22/h2-9,11H,10H2,1H3,(H,19,20)(H2,18,21,22)/t11-/m0/s1. The van der Waals surface area contributed by atoms with E-state index in [1.54, 1.807) is 43.3 Å². The minimum atomic E-state index is -3.72. The third-order valence-corrected chi connectivity index (χ3v) is 4.36. The summed E-state index contributed by atoms with van der Waals surface area (Å²) in [4.78, 5) is 12.1. The van der Waals surface area contributed by atoms with E-state index in [0.29, 0.717) is 10.8 Å². The van der Waals surface area contributed by atoms with Crippen LogP contribution in [0.3, 0.4) is 0 Å². The Labute approximate surface area is 145 Å². The lowest BCUT2D eigenvalue weighted by molar-refractivity contribution is -0.127. The average Bonchev–Trinajstić information content (AvgIpc) is 2.52. The Bertz CT molecular complexity index is 822. The first kappa shape index (κ1) is 18.3. The van der Waals surface area contributed by atoms with E-state index in [0.717, 1.165) is 5.56 Å². The van der Waals surface area contributed by atoms with Crippen LogP contribution < -0.4 is 15.2 Å². The van der Waals surface area contributed by atoms with Gasteiger partial charge in [0.05, 0.1) is 4.90 Å². The lowest BCUT2D eigenvalue weighted by Gasteiger charge is -2.15. The van der Waals surface area contributed by atoms with Gasteiger partial charge in [0, 0.05) is 11.6 Å². The van der Waals surface area contributed by atoms with E-state index in [1.807, 2.05) is 0 Å². The number of ether oxygens (including phenoxy) is 1. The highest BCUT2D eigenvalue weighted by atomic mass is 35.5. The van der Waals surface area contributed by atoms with Gasteiger partial charge < -0.3 is 10.1 Å². The number of benzene rings is 2. The Hall–Kier alpha value is -2.09. The molecular weight excluding hydrogens is 352 g/mol. The van der Waals surface area contributed by atoms with Gasteiger partial charge in [-0.2, -0.15) is 0 Å². The Balaban J connectivity index is 1.90. The lowest BCUT2D eigenvalue weighted by Crippen LogP contribution is -2.35.